The molecular formula is C9H9NO3. The van der Waals surface area contributed by atoms with E-state index >= 15 is 0 Å². The third-order valence-corrected chi connectivity index (χ3v) is 2.26. The van der Waals surface area contributed by atoms with Gasteiger partial charge in [0.2, 0.25) is 0 Å². The summed E-state index contributed by atoms with van der Waals surface area (Å²) < 4.78 is 0. The molecule has 68 valence electrons. The molecule has 2 atom stereocenters. The Kier molecular flexibility index (Phi) is 1.79. The zero-order valence-corrected chi connectivity index (χ0v) is 7.19. The van der Waals surface area contributed by atoms with Crippen molar-refractivity contribution in [2.75, 3.05) is 6.61 Å². The van der Waals surface area contributed by atoms with E-state index in [4.69, 9.17) is 4.84 Å². The van der Waals surface area contributed by atoms with E-state index < -0.39 is 5.92 Å². The van der Waals surface area contributed by atoms with Crippen LogP contribution in [0, 0.1) is 5.92 Å². The van der Waals surface area contributed by atoms with Crippen molar-refractivity contribution in [1.82, 2.24) is 5.06 Å². The number of fused-ring (bicyclic) bond motifs is 2. The van der Waals surface area contributed by atoms with Crippen molar-refractivity contribution in [1.29, 1.82) is 0 Å². The molecule has 13 heavy (non-hydrogen) atoms. The number of hydroxylamine groups is 2. The lowest BCUT2D eigenvalue weighted by molar-refractivity contribution is -0.184. The second-order valence-corrected chi connectivity index (χ2v) is 2.95. The van der Waals surface area contributed by atoms with E-state index in [2.05, 4.69) is 0 Å². The Bertz CT molecular complexity index is 328. The van der Waals surface area contributed by atoms with Gasteiger partial charge in [-0.3, -0.25) is 9.63 Å². The molecule has 4 heteroatoms. The molecule has 0 N–H and O–H groups in total. The summed E-state index contributed by atoms with van der Waals surface area (Å²) >= 11 is 0. The van der Waals surface area contributed by atoms with Crippen LogP contribution in [0.3, 0.4) is 0 Å². The maximum atomic E-state index is 11.5. The van der Waals surface area contributed by atoms with Crippen molar-refractivity contribution in [3.8, 4) is 0 Å². The summed E-state index contributed by atoms with van der Waals surface area (Å²) in [5, 5.41) is 1.25. The van der Waals surface area contributed by atoms with Crippen LogP contribution in [0.5, 0.6) is 0 Å². The van der Waals surface area contributed by atoms with E-state index in [-0.39, 0.29) is 11.9 Å². The molecular weight excluding hydrogens is 170 g/mol. The van der Waals surface area contributed by atoms with E-state index in [1.807, 2.05) is 0 Å². The smallest absolute Gasteiger partial charge is 0.258 e. The number of carbonyl (C=O) groups is 1. The predicted octanol–water partition coefficient (Wildman–Crippen LogP) is 0.0927. The van der Waals surface area contributed by atoms with Crippen molar-refractivity contribution in [2.45, 2.75) is 13.0 Å². The van der Waals surface area contributed by atoms with E-state index in [1.165, 1.54) is 5.06 Å². The molecule has 0 saturated carbocycles. The third-order valence-electron chi connectivity index (χ3n) is 2.26. The SMILES string of the molecule is CCON1C(=O)[C@H]2C=C[C@@H]1C2=C=O. The normalized spacial score (nSPS) is 30.1. The number of amides is 1. The minimum atomic E-state index is -0.422. The summed E-state index contributed by atoms with van der Waals surface area (Å²) in [6, 6.07) is -0.310. The summed E-state index contributed by atoms with van der Waals surface area (Å²) in [5.74, 6) is 1.22. The molecule has 1 heterocycles. The van der Waals surface area contributed by atoms with Crippen LogP contribution in [-0.4, -0.2) is 29.6 Å². The topological polar surface area (TPSA) is 46.6 Å². The fourth-order valence-electron chi connectivity index (χ4n) is 1.71. The number of rotatable bonds is 2. The monoisotopic (exact) mass is 179 g/mol. The molecule has 1 aliphatic heterocycles. The van der Waals surface area contributed by atoms with Crippen molar-refractivity contribution in [3.05, 3.63) is 17.7 Å². The van der Waals surface area contributed by atoms with Gasteiger partial charge in [0.05, 0.1) is 18.1 Å². The number of carbonyl (C=O) groups excluding carboxylic acids is 2. The lowest BCUT2D eigenvalue weighted by atomic mass is 10.1. The van der Waals surface area contributed by atoms with Gasteiger partial charge in [0.25, 0.3) is 5.91 Å². The van der Waals surface area contributed by atoms with Crippen molar-refractivity contribution >= 4 is 11.8 Å². The van der Waals surface area contributed by atoms with Crippen LogP contribution in [0.15, 0.2) is 17.7 Å². The highest BCUT2D eigenvalue weighted by Crippen LogP contribution is 2.36. The Morgan fingerprint density at radius 1 is 1.62 bits per heavy atom. The molecule has 2 aliphatic rings. The van der Waals surface area contributed by atoms with Crippen molar-refractivity contribution in [2.24, 2.45) is 5.92 Å². The van der Waals surface area contributed by atoms with E-state index in [9.17, 15) is 9.59 Å². The van der Waals surface area contributed by atoms with Gasteiger partial charge in [0.15, 0.2) is 0 Å². The Labute approximate surface area is 75.4 Å². The van der Waals surface area contributed by atoms with Crippen LogP contribution >= 0.6 is 0 Å². The van der Waals surface area contributed by atoms with Crippen LogP contribution in [0.25, 0.3) is 0 Å². The molecule has 1 saturated heterocycles. The van der Waals surface area contributed by atoms with Gasteiger partial charge in [0.1, 0.15) is 12.0 Å². The Hall–Kier alpha value is -1.38. The van der Waals surface area contributed by atoms with Gasteiger partial charge in [-0.2, -0.15) is 0 Å². The van der Waals surface area contributed by atoms with Crippen molar-refractivity contribution < 1.29 is 14.4 Å². The maximum absolute atomic E-state index is 11.5. The number of hydrogen-bond donors (Lipinski definition) is 0. The molecule has 2 bridgehead atoms. The van der Waals surface area contributed by atoms with Crippen LogP contribution < -0.4 is 0 Å². The Morgan fingerprint density at radius 2 is 2.38 bits per heavy atom. The molecule has 1 fully saturated rings. The third kappa shape index (κ3) is 0.963. The average molecular weight is 179 g/mol. The van der Waals surface area contributed by atoms with E-state index in [0.29, 0.717) is 12.2 Å². The highest BCUT2D eigenvalue weighted by atomic mass is 16.7. The molecule has 2 rings (SSSR count). The zero-order valence-electron chi connectivity index (χ0n) is 7.19. The fraction of sp³-hybridized carbons (Fsp3) is 0.444. The second-order valence-electron chi connectivity index (χ2n) is 2.95. The summed E-state index contributed by atoms with van der Waals surface area (Å²) in [7, 11) is 0. The number of nitrogens with zero attached hydrogens (tertiary/aromatic N) is 1. The highest BCUT2D eigenvalue weighted by Gasteiger charge is 2.47. The standard InChI is InChI=1S/C9H9NO3/c1-2-13-10-8-4-3-6(9(10)12)7(8)5-11/h3-4,6,8H,2H2,1H3/t6-,8+/m0/s1. The summed E-state index contributed by atoms with van der Waals surface area (Å²) in [6.45, 7) is 2.22. The van der Waals surface area contributed by atoms with E-state index in [1.54, 1.807) is 25.0 Å². The van der Waals surface area contributed by atoms with Crippen LogP contribution in [0.2, 0.25) is 0 Å². The van der Waals surface area contributed by atoms with Gasteiger partial charge < -0.3 is 0 Å². The molecule has 0 aromatic heterocycles. The summed E-state index contributed by atoms with van der Waals surface area (Å²) in [5.41, 5.74) is 0.471. The first-order valence-corrected chi connectivity index (χ1v) is 4.18. The van der Waals surface area contributed by atoms with E-state index in [0.717, 1.165) is 0 Å². The van der Waals surface area contributed by atoms with Gasteiger partial charge in [0, 0.05) is 0 Å². The average Bonchev–Trinajstić information content (AvgIpc) is 2.64. The Morgan fingerprint density at radius 3 is 2.92 bits per heavy atom. The first-order chi connectivity index (χ1) is 6.29. The minimum absolute atomic E-state index is 0.160. The Balaban J connectivity index is 2.32. The quantitative estimate of drug-likeness (QED) is 0.446. The first-order valence-electron chi connectivity index (χ1n) is 4.18. The predicted molar refractivity (Wildman–Crippen MR) is 44.1 cm³/mol. The van der Waals surface area contributed by atoms with Gasteiger partial charge >= 0.3 is 0 Å². The van der Waals surface area contributed by atoms with Gasteiger partial charge in [-0.1, -0.05) is 12.2 Å². The molecule has 1 aliphatic carbocycles. The van der Waals surface area contributed by atoms with Gasteiger partial charge in [-0.05, 0) is 6.92 Å². The molecule has 0 radical (unpaired) electrons. The fourth-order valence-corrected chi connectivity index (χ4v) is 1.71. The van der Waals surface area contributed by atoms with Crippen LogP contribution in [-0.2, 0) is 14.4 Å². The largest absolute Gasteiger partial charge is 0.271 e. The molecule has 0 aromatic rings. The van der Waals surface area contributed by atoms with Gasteiger partial charge in [-0.25, -0.2) is 9.86 Å². The molecule has 0 spiro atoms. The summed E-state index contributed by atoms with van der Waals surface area (Å²) in [4.78, 5) is 27.1. The second kappa shape index (κ2) is 2.83. The van der Waals surface area contributed by atoms with Crippen LogP contribution in [0.1, 0.15) is 6.92 Å². The minimum Gasteiger partial charge on any atom is -0.271 e. The lowest BCUT2D eigenvalue weighted by Crippen LogP contribution is -2.34. The lowest BCUT2D eigenvalue weighted by Gasteiger charge is -2.21. The molecule has 0 unspecified atom stereocenters. The molecule has 0 aromatic carbocycles. The number of hydrogen-bond acceptors (Lipinski definition) is 3. The maximum Gasteiger partial charge on any atom is 0.258 e. The molecule has 4 nitrogen and oxygen atoms in total. The highest BCUT2D eigenvalue weighted by molar-refractivity contribution is 5.93. The van der Waals surface area contributed by atoms with Crippen molar-refractivity contribution in [3.63, 3.8) is 0 Å². The van der Waals surface area contributed by atoms with Gasteiger partial charge in [-0.15, -0.1) is 0 Å². The first kappa shape index (κ1) is 8.23. The zero-order chi connectivity index (χ0) is 9.42. The van der Waals surface area contributed by atoms with Crippen LogP contribution in [0.4, 0.5) is 0 Å². The molecule has 1 amide bonds. The summed E-state index contributed by atoms with van der Waals surface area (Å²) in [6.07, 6.45) is 3.52.